The Hall–Kier alpha value is -1.02. The van der Waals surface area contributed by atoms with Crippen LogP contribution >= 0.6 is 0 Å². The van der Waals surface area contributed by atoms with Gasteiger partial charge in [0.15, 0.2) is 0 Å². The fraction of sp³-hybridized carbons (Fsp3) is 0.714. The van der Waals surface area contributed by atoms with Crippen molar-refractivity contribution < 1.29 is 5.11 Å². The van der Waals surface area contributed by atoms with Gasteiger partial charge in [0.2, 0.25) is 0 Å². The number of piperidine rings is 1. The van der Waals surface area contributed by atoms with Gasteiger partial charge in [0.1, 0.15) is 5.75 Å². The number of nitrogens with zero attached hydrogens (tertiary/aromatic N) is 1. The van der Waals surface area contributed by atoms with Crippen molar-refractivity contribution in [2.24, 2.45) is 5.92 Å². The zero-order valence-electron chi connectivity index (χ0n) is 14.8. The van der Waals surface area contributed by atoms with Gasteiger partial charge >= 0.3 is 0 Å². The van der Waals surface area contributed by atoms with Gasteiger partial charge in [-0.25, -0.2) is 0 Å². The Labute approximate surface area is 141 Å². The van der Waals surface area contributed by atoms with Crippen LogP contribution in [0.2, 0.25) is 0 Å². The second-order valence-corrected chi connectivity index (χ2v) is 7.76. The molecule has 0 radical (unpaired) electrons. The van der Waals surface area contributed by atoms with Crippen LogP contribution in [0.4, 0.5) is 0 Å². The van der Waals surface area contributed by atoms with Gasteiger partial charge in [-0.05, 0) is 62.4 Å². The van der Waals surface area contributed by atoms with Crippen LogP contribution in [0.1, 0.15) is 70.3 Å². The van der Waals surface area contributed by atoms with E-state index < -0.39 is 0 Å². The zero-order valence-corrected chi connectivity index (χ0v) is 14.8. The molecule has 2 nitrogen and oxygen atoms in total. The van der Waals surface area contributed by atoms with Crippen LogP contribution in [0.5, 0.6) is 5.75 Å². The number of phenolic OH excluding ortho intramolecular Hbond substituents is 1. The lowest BCUT2D eigenvalue weighted by atomic mass is 9.59. The highest BCUT2D eigenvalue weighted by Gasteiger charge is 2.45. The second-order valence-electron chi connectivity index (χ2n) is 7.76. The quantitative estimate of drug-likeness (QED) is 0.738. The van der Waals surface area contributed by atoms with Gasteiger partial charge in [-0.15, -0.1) is 0 Å². The van der Waals surface area contributed by atoms with Crippen molar-refractivity contribution >= 4 is 0 Å². The number of likely N-dealkylation sites (tertiary alicyclic amines) is 1. The molecule has 1 aliphatic carbocycles. The lowest BCUT2D eigenvalue weighted by Gasteiger charge is -2.51. The molecule has 0 spiro atoms. The van der Waals surface area contributed by atoms with Crippen LogP contribution in [0.3, 0.4) is 0 Å². The molecule has 1 saturated carbocycles. The van der Waals surface area contributed by atoms with Crippen LogP contribution in [0, 0.1) is 5.92 Å². The standard InChI is InChI=1S/C21H33NO/c1-2-3-4-7-14-22-15-13-21(12-6-5-9-19(21)17-22)18-10-8-11-20(23)16-18/h8,10-11,16,19,23H,2-7,9,12-15,17H2,1H3/t19-,21-/m1/s1. The third-order valence-corrected chi connectivity index (χ3v) is 6.31. The first-order chi connectivity index (χ1) is 11.2. The van der Waals surface area contributed by atoms with E-state index in [1.165, 1.54) is 83.0 Å². The van der Waals surface area contributed by atoms with Crippen LogP contribution in [0.15, 0.2) is 24.3 Å². The molecule has 1 aromatic rings. The summed E-state index contributed by atoms with van der Waals surface area (Å²) >= 11 is 0. The molecule has 0 aromatic heterocycles. The van der Waals surface area contributed by atoms with Crippen molar-refractivity contribution in [1.29, 1.82) is 0 Å². The van der Waals surface area contributed by atoms with Gasteiger partial charge in [-0.1, -0.05) is 51.2 Å². The largest absolute Gasteiger partial charge is 0.508 e. The minimum absolute atomic E-state index is 0.330. The molecule has 0 unspecified atom stereocenters. The first-order valence-corrected chi connectivity index (χ1v) is 9.76. The molecule has 1 N–H and O–H groups in total. The van der Waals surface area contributed by atoms with Gasteiger partial charge in [-0.2, -0.15) is 0 Å². The van der Waals surface area contributed by atoms with Gasteiger partial charge in [0.05, 0.1) is 0 Å². The minimum Gasteiger partial charge on any atom is -0.508 e. The third kappa shape index (κ3) is 3.74. The summed E-state index contributed by atoms with van der Waals surface area (Å²) in [6.07, 6.45) is 12.1. The number of phenols is 1. The van der Waals surface area contributed by atoms with E-state index in [4.69, 9.17) is 0 Å². The molecular weight excluding hydrogens is 282 g/mol. The van der Waals surface area contributed by atoms with E-state index >= 15 is 0 Å². The first kappa shape index (κ1) is 16.8. The van der Waals surface area contributed by atoms with Gasteiger partial charge in [0, 0.05) is 12.0 Å². The maximum absolute atomic E-state index is 9.94. The molecule has 0 bridgehead atoms. The van der Waals surface area contributed by atoms with Crippen LogP contribution < -0.4 is 0 Å². The fourth-order valence-corrected chi connectivity index (χ4v) is 4.97. The average Bonchev–Trinajstić information content (AvgIpc) is 2.58. The Morgan fingerprint density at radius 2 is 2.09 bits per heavy atom. The SMILES string of the molecule is CCCCCCN1CC[C@@]2(c3cccc(O)c3)CCCC[C@@H]2C1. The number of hydrogen-bond acceptors (Lipinski definition) is 2. The van der Waals surface area contributed by atoms with Crippen molar-refractivity contribution in [1.82, 2.24) is 4.90 Å². The molecule has 128 valence electrons. The number of hydrogen-bond donors (Lipinski definition) is 1. The van der Waals surface area contributed by atoms with E-state index in [2.05, 4.69) is 17.9 Å². The summed E-state index contributed by atoms with van der Waals surface area (Å²) in [6.45, 7) is 6.07. The molecule has 1 saturated heterocycles. The first-order valence-electron chi connectivity index (χ1n) is 9.76. The van der Waals surface area contributed by atoms with E-state index in [0.717, 1.165) is 5.92 Å². The number of aromatic hydroxyl groups is 1. The lowest BCUT2D eigenvalue weighted by molar-refractivity contribution is 0.0552. The molecule has 2 heteroatoms. The highest BCUT2D eigenvalue weighted by atomic mass is 16.3. The molecule has 1 aliphatic heterocycles. The topological polar surface area (TPSA) is 23.5 Å². The van der Waals surface area contributed by atoms with Gasteiger partial charge < -0.3 is 10.0 Å². The second kappa shape index (κ2) is 7.70. The number of unbranched alkanes of at least 4 members (excludes halogenated alkanes) is 3. The van der Waals surface area contributed by atoms with Crippen molar-refractivity contribution in [3.63, 3.8) is 0 Å². The zero-order chi connectivity index (χ0) is 16.1. The summed E-state index contributed by atoms with van der Waals surface area (Å²) in [5, 5.41) is 9.94. The van der Waals surface area contributed by atoms with E-state index in [0.29, 0.717) is 11.2 Å². The fourth-order valence-electron chi connectivity index (χ4n) is 4.97. The molecule has 0 amide bonds. The number of benzene rings is 1. The Balaban J connectivity index is 1.68. The summed E-state index contributed by atoms with van der Waals surface area (Å²) in [6, 6.07) is 8.13. The molecular formula is C21H33NO. The molecule has 23 heavy (non-hydrogen) atoms. The summed E-state index contributed by atoms with van der Waals surface area (Å²) < 4.78 is 0. The van der Waals surface area contributed by atoms with Crippen LogP contribution in [-0.2, 0) is 5.41 Å². The van der Waals surface area contributed by atoms with Gasteiger partial charge in [0.25, 0.3) is 0 Å². The summed E-state index contributed by atoms with van der Waals surface area (Å²) in [5.74, 6) is 1.21. The smallest absolute Gasteiger partial charge is 0.115 e. The van der Waals surface area contributed by atoms with Crippen molar-refractivity contribution in [2.45, 2.75) is 70.1 Å². The van der Waals surface area contributed by atoms with Crippen LogP contribution in [0.25, 0.3) is 0 Å². The Bertz CT molecular complexity index is 500. The Morgan fingerprint density at radius 1 is 1.17 bits per heavy atom. The Morgan fingerprint density at radius 3 is 2.91 bits per heavy atom. The predicted molar refractivity (Wildman–Crippen MR) is 96.9 cm³/mol. The van der Waals surface area contributed by atoms with Crippen molar-refractivity contribution in [3.05, 3.63) is 29.8 Å². The highest BCUT2D eigenvalue weighted by Crippen LogP contribution is 2.49. The molecule has 1 heterocycles. The van der Waals surface area contributed by atoms with Crippen molar-refractivity contribution in [2.75, 3.05) is 19.6 Å². The van der Waals surface area contributed by atoms with E-state index in [1.807, 2.05) is 12.1 Å². The summed E-state index contributed by atoms with van der Waals surface area (Å²) in [7, 11) is 0. The average molecular weight is 316 g/mol. The number of rotatable bonds is 6. The minimum atomic E-state index is 0.330. The molecule has 2 fully saturated rings. The number of fused-ring (bicyclic) bond motifs is 1. The highest BCUT2D eigenvalue weighted by molar-refractivity contribution is 5.35. The van der Waals surface area contributed by atoms with Crippen molar-refractivity contribution in [3.8, 4) is 5.75 Å². The van der Waals surface area contributed by atoms with Crippen LogP contribution in [-0.4, -0.2) is 29.6 Å². The monoisotopic (exact) mass is 315 g/mol. The maximum atomic E-state index is 9.94. The predicted octanol–water partition coefficient (Wildman–Crippen LogP) is 5.11. The molecule has 2 atom stereocenters. The van der Waals surface area contributed by atoms with E-state index in [9.17, 15) is 5.11 Å². The molecule has 2 aliphatic rings. The molecule has 1 aromatic carbocycles. The third-order valence-electron chi connectivity index (χ3n) is 6.31. The van der Waals surface area contributed by atoms with Gasteiger partial charge in [-0.3, -0.25) is 0 Å². The Kier molecular flexibility index (Phi) is 5.63. The normalized spacial score (nSPS) is 28.5. The van der Waals surface area contributed by atoms with E-state index in [1.54, 1.807) is 6.07 Å². The van der Waals surface area contributed by atoms with E-state index in [-0.39, 0.29) is 0 Å². The molecule has 3 rings (SSSR count). The lowest BCUT2D eigenvalue weighted by Crippen LogP contribution is -2.51. The summed E-state index contributed by atoms with van der Waals surface area (Å²) in [4.78, 5) is 2.71. The summed E-state index contributed by atoms with van der Waals surface area (Å²) in [5.41, 5.74) is 1.73. The maximum Gasteiger partial charge on any atom is 0.115 e.